The van der Waals surface area contributed by atoms with Crippen LogP contribution in [0.1, 0.15) is 36.2 Å². The molecule has 0 saturated heterocycles. The number of fused-ring (bicyclic) bond motifs is 1. The first-order valence-corrected chi connectivity index (χ1v) is 6.30. The van der Waals surface area contributed by atoms with Crippen LogP contribution in [0.3, 0.4) is 0 Å². The van der Waals surface area contributed by atoms with Crippen LogP contribution >= 0.6 is 15.9 Å². The second-order valence-electron chi connectivity index (χ2n) is 4.82. The fourth-order valence-corrected chi connectivity index (χ4v) is 3.14. The molecule has 1 aromatic heterocycles. The largest absolute Gasteiger partial charge is 0.446 e. The van der Waals surface area contributed by atoms with Crippen molar-refractivity contribution in [2.45, 2.75) is 25.7 Å². The van der Waals surface area contributed by atoms with E-state index in [1.54, 1.807) is 12.1 Å². The lowest BCUT2D eigenvalue weighted by atomic mass is 9.96. The lowest BCUT2D eigenvalue weighted by Gasteiger charge is -2.08. The Morgan fingerprint density at radius 1 is 1.33 bits per heavy atom. The van der Waals surface area contributed by atoms with Crippen molar-refractivity contribution < 1.29 is 9.21 Å². The molecule has 2 atom stereocenters. The van der Waals surface area contributed by atoms with Crippen molar-refractivity contribution in [2.24, 2.45) is 17.8 Å². The van der Waals surface area contributed by atoms with E-state index in [0.29, 0.717) is 22.8 Å². The number of furan rings is 1. The summed E-state index contributed by atoms with van der Waals surface area (Å²) in [6.45, 7) is 0. The fourth-order valence-electron chi connectivity index (χ4n) is 2.83. The molecule has 0 amide bonds. The van der Waals surface area contributed by atoms with E-state index in [1.807, 2.05) is 0 Å². The van der Waals surface area contributed by atoms with Gasteiger partial charge in [0.2, 0.25) is 0 Å². The molecule has 2 unspecified atom stereocenters. The Morgan fingerprint density at radius 3 is 2.67 bits per heavy atom. The van der Waals surface area contributed by atoms with Gasteiger partial charge in [-0.1, -0.05) is 0 Å². The highest BCUT2D eigenvalue weighted by molar-refractivity contribution is 9.10. The van der Waals surface area contributed by atoms with Crippen molar-refractivity contribution >= 4 is 21.7 Å². The molecule has 3 heteroatoms. The fraction of sp³-hybridized carbons (Fsp3) is 0.583. The molecule has 1 aromatic rings. The minimum Gasteiger partial charge on any atom is -0.446 e. The van der Waals surface area contributed by atoms with E-state index in [9.17, 15) is 4.79 Å². The molecule has 0 spiro atoms. The Morgan fingerprint density at radius 2 is 2.07 bits per heavy atom. The van der Waals surface area contributed by atoms with Gasteiger partial charge in [-0.05, 0) is 65.1 Å². The predicted octanol–water partition coefficient (Wildman–Crippen LogP) is 3.66. The number of carbonyl (C=O) groups excluding carboxylic acids is 1. The topological polar surface area (TPSA) is 30.2 Å². The van der Waals surface area contributed by atoms with Crippen molar-refractivity contribution in [1.82, 2.24) is 0 Å². The number of hydrogen-bond donors (Lipinski definition) is 0. The number of Topliss-reactive ketones (excluding diaryl/α,β-unsaturated/α-hetero) is 1. The summed E-state index contributed by atoms with van der Waals surface area (Å²) in [5.41, 5.74) is 0. The molecule has 80 valence electrons. The van der Waals surface area contributed by atoms with Crippen LogP contribution in [0.15, 0.2) is 21.2 Å². The summed E-state index contributed by atoms with van der Waals surface area (Å²) < 4.78 is 5.90. The Balaban J connectivity index is 1.61. The molecular formula is C12H13BrO2. The van der Waals surface area contributed by atoms with Gasteiger partial charge in [0.1, 0.15) is 0 Å². The third kappa shape index (κ3) is 1.89. The van der Waals surface area contributed by atoms with E-state index >= 15 is 0 Å². The Bertz CT molecular complexity index is 386. The van der Waals surface area contributed by atoms with Crippen LogP contribution in [-0.2, 0) is 0 Å². The van der Waals surface area contributed by atoms with Crippen LogP contribution in [0, 0.1) is 17.8 Å². The number of ketones is 1. The summed E-state index contributed by atoms with van der Waals surface area (Å²) in [5, 5.41) is 0. The van der Waals surface area contributed by atoms with E-state index in [0.717, 1.165) is 11.8 Å². The van der Waals surface area contributed by atoms with E-state index in [1.165, 1.54) is 19.3 Å². The van der Waals surface area contributed by atoms with Gasteiger partial charge in [0.15, 0.2) is 16.2 Å². The molecule has 15 heavy (non-hydrogen) atoms. The molecule has 2 aliphatic carbocycles. The number of halogens is 1. The number of carbonyl (C=O) groups is 1. The van der Waals surface area contributed by atoms with Gasteiger partial charge in [-0.15, -0.1) is 0 Å². The molecule has 0 N–H and O–H groups in total. The van der Waals surface area contributed by atoms with E-state index in [2.05, 4.69) is 15.9 Å². The van der Waals surface area contributed by atoms with Crippen LogP contribution in [0.25, 0.3) is 0 Å². The van der Waals surface area contributed by atoms with Crippen molar-refractivity contribution in [3.63, 3.8) is 0 Å². The monoisotopic (exact) mass is 268 g/mol. The van der Waals surface area contributed by atoms with E-state index in [-0.39, 0.29) is 5.78 Å². The Labute approximate surface area is 97.2 Å². The third-order valence-electron chi connectivity index (χ3n) is 3.66. The molecule has 0 aliphatic heterocycles. The molecule has 3 rings (SSSR count). The third-order valence-corrected chi connectivity index (χ3v) is 4.09. The van der Waals surface area contributed by atoms with Crippen molar-refractivity contribution in [2.75, 3.05) is 0 Å². The lowest BCUT2D eigenvalue weighted by molar-refractivity contribution is 0.0931. The average Bonchev–Trinajstić information content (AvgIpc) is 2.63. The average molecular weight is 269 g/mol. The quantitative estimate of drug-likeness (QED) is 0.784. The first-order valence-electron chi connectivity index (χ1n) is 5.51. The summed E-state index contributed by atoms with van der Waals surface area (Å²) in [6, 6.07) is 3.53. The predicted molar refractivity (Wildman–Crippen MR) is 59.7 cm³/mol. The van der Waals surface area contributed by atoms with Gasteiger partial charge in [0, 0.05) is 6.42 Å². The lowest BCUT2D eigenvalue weighted by Crippen LogP contribution is -2.06. The number of rotatable bonds is 3. The number of hydrogen-bond acceptors (Lipinski definition) is 2. The molecule has 0 radical (unpaired) electrons. The zero-order chi connectivity index (χ0) is 10.4. The van der Waals surface area contributed by atoms with Gasteiger partial charge >= 0.3 is 0 Å². The standard InChI is InChI=1S/C12H13BrO2/c13-12-2-1-11(15-12)10(14)5-7-3-8-6-9(8)4-7/h1-2,7-9H,3-6H2. The Hall–Kier alpha value is -0.570. The van der Waals surface area contributed by atoms with Gasteiger partial charge in [-0.25, -0.2) is 0 Å². The van der Waals surface area contributed by atoms with Crippen LogP contribution < -0.4 is 0 Å². The summed E-state index contributed by atoms with van der Waals surface area (Å²) >= 11 is 3.21. The highest BCUT2D eigenvalue weighted by atomic mass is 79.9. The van der Waals surface area contributed by atoms with E-state index < -0.39 is 0 Å². The van der Waals surface area contributed by atoms with Gasteiger partial charge < -0.3 is 4.42 Å². The zero-order valence-electron chi connectivity index (χ0n) is 8.41. The van der Waals surface area contributed by atoms with Crippen LogP contribution in [-0.4, -0.2) is 5.78 Å². The summed E-state index contributed by atoms with van der Waals surface area (Å²) in [5.74, 6) is 3.18. The molecule has 2 aliphatic rings. The van der Waals surface area contributed by atoms with Crippen molar-refractivity contribution in [1.29, 1.82) is 0 Å². The zero-order valence-corrected chi connectivity index (χ0v) is 10.00. The highest BCUT2D eigenvalue weighted by Gasteiger charge is 2.46. The van der Waals surface area contributed by atoms with Gasteiger partial charge in [-0.3, -0.25) is 4.79 Å². The first kappa shape index (κ1) is 9.64. The second kappa shape index (κ2) is 3.48. The molecule has 1 heterocycles. The minimum atomic E-state index is 0.159. The minimum absolute atomic E-state index is 0.159. The molecule has 0 aromatic carbocycles. The maximum atomic E-state index is 11.8. The van der Waals surface area contributed by atoms with Gasteiger partial charge in [0.05, 0.1) is 0 Å². The molecule has 2 fully saturated rings. The molecule has 2 saturated carbocycles. The Kier molecular flexibility index (Phi) is 2.23. The van der Waals surface area contributed by atoms with Crippen LogP contribution in [0.4, 0.5) is 0 Å². The normalized spacial score (nSPS) is 32.7. The summed E-state index contributed by atoms with van der Waals surface area (Å²) in [6.07, 6.45) is 4.61. The van der Waals surface area contributed by atoms with E-state index in [4.69, 9.17) is 4.42 Å². The van der Waals surface area contributed by atoms with Crippen LogP contribution in [0.2, 0.25) is 0 Å². The maximum absolute atomic E-state index is 11.8. The second-order valence-corrected chi connectivity index (χ2v) is 5.61. The maximum Gasteiger partial charge on any atom is 0.198 e. The molecule has 2 nitrogen and oxygen atoms in total. The SMILES string of the molecule is O=C(CC1CC2CC2C1)c1ccc(Br)o1. The molecular weight excluding hydrogens is 256 g/mol. The van der Waals surface area contributed by atoms with Gasteiger partial charge in [0.25, 0.3) is 0 Å². The van der Waals surface area contributed by atoms with Crippen molar-refractivity contribution in [3.8, 4) is 0 Å². The highest BCUT2D eigenvalue weighted by Crippen LogP contribution is 2.55. The smallest absolute Gasteiger partial charge is 0.198 e. The molecule has 0 bridgehead atoms. The summed E-state index contributed by atoms with van der Waals surface area (Å²) in [4.78, 5) is 11.8. The first-order chi connectivity index (χ1) is 7.22. The van der Waals surface area contributed by atoms with Crippen LogP contribution in [0.5, 0.6) is 0 Å². The van der Waals surface area contributed by atoms with Gasteiger partial charge in [-0.2, -0.15) is 0 Å². The summed E-state index contributed by atoms with van der Waals surface area (Å²) in [7, 11) is 0. The van der Waals surface area contributed by atoms with Crippen molar-refractivity contribution in [3.05, 3.63) is 22.6 Å².